The SMILES string of the molecule is CC(=O)OC[C@@H](OC(C)=O)[C@@H](OC(C)=O)[C@@H](CC(c1c[nH]c2ccccc12)c1c[nH]c2ccccc12)OC(C)=O. The molecule has 2 heterocycles. The van der Waals surface area contributed by atoms with Crippen LogP contribution in [0.15, 0.2) is 60.9 Å². The van der Waals surface area contributed by atoms with Gasteiger partial charge in [0.1, 0.15) is 12.7 Å². The molecule has 0 aliphatic carbocycles. The number of esters is 4. The minimum Gasteiger partial charge on any atom is -0.462 e. The lowest BCUT2D eigenvalue weighted by atomic mass is 9.84. The van der Waals surface area contributed by atoms with Gasteiger partial charge in [-0.25, -0.2) is 0 Å². The molecule has 10 heteroatoms. The third kappa shape index (κ3) is 6.69. The summed E-state index contributed by atoms with van der Waals surface area (Å²) in [6.45, 7) is 4.45. The second-order valence-electron chi connectivity index (χ2n) is 9.54. The fraction of sp³-hybridized carbons (Fsp3) is 0.333. The molecule has 10 nitrogen and oxygen atoms in total. The number of ether oxygens (including phenoxy) is 4. The van der Waals surface area contributed by atoms with Crippen molar-refractivity contribution in [1.82, 2.24) is 9.97 Å². The van der Waals surface area contributed by atoms with Crippen molar-refractivity contribution in [3.05, 3.63) is 72.1 Å². The largest absolute Gasteiger partial charge is 0.462 e. The fourth-order valence-corrected chi connectivity index (χ4v) is 5.07. The smallest absolute Gasteiger partial charge is 0.303 e. The topological polar surface area (TPSA) is 137 Å². The molecular formula is C30H32N2O8. The molecular weight excluding hydrogens is 516 g/mol. The molecule has 2 N–H and O–H groups in total. The first kappa shape index (κ1) is 28.4. The van der Waals surface area contributed by atoms with E-state index in [1.165, 1.54) is 27.7 Å². The molecule has 0 amide bonds. The van der Waals surface area contributed by atoms with Gasteiger partial charge in [0.05, 0.1) is 0 Å². The Balaban J connectivity index is 1.84. The molecule has 4 rings (SSSR count). The van der Waals surface area contributed by atoms with Crippen molar-refractivity contribution in [3.8, 4) is 0 Å². The Bertz CT molecular complexity index is 1450. The maximum absolute atomic E-state index is 12.4. The van der Waals surface area contributed by atoms with Gasteiger partial charge in [0, 0.05) is 67.8 Å². The number of benzene rings is 2. The van der Waals surface area contributed by atoms with Crippen LogP contribution in [0.25, 0.3) is 21.8 Å². The highest BCUT2D eigenvalue weighted by Crippen LogP contribution is 2.39. The van der Waals surface area contributed by atoms with E-state index in [2.05, 4.69) is 9.97 Å². The van der Waals surface area contributed by atoms with Gasteiger partial charge in [-0.2, -0.15) is 0 Å². The van der Waals surface area contributed by atoms with Gasteiger partial charge in [-0.05, 0) is 29.7 Å². The number of carbonyl (C=O) groups excluding carboxylic acids is 4. The average Bonchev–Trinajstić information content (AvgIpc) is 3.52. The summed E-state index contributed by atoms with van der Waals surface area (Å²) in [5.74, 6) is -2.95. The van der Waals surface area contributed by atoms with Crippen LogP contribution in [0.1, 0.15) is 51.2 Å². The van der Waals surface area contributed by atoms with E-state index in [1.807, 2.05) is 60.9 Å². The monoisotopic (exact) mass is 548 g/mol. The normalized spacial score (nSPS) is 13.5. The number of H-pyrrole nitrogens is 2. The third-order valence-corrected chi connectivity index (χ3v) is 6.58. The Morgan fingerprint density at radius 1 is 0.650 bits per heavy atom. The highest BCUT2D eigenvalue weighted by atomic mass is 16.6. The van der Waals surface area contributed by atoms with E-state index < -0.39 is 48.8 Å². The molecule has 0 spiro atoms. The zero-order valence-electron chi connectivity index (χ0n) is 22.8. The minimum absolute atomic E-state index is 0.152. The van der Waals surface area contributed by atoms with Crippen molar-refractivity contribution in [1.29, 1.82) is 0 Å². The Morgan fingerprint density at radius 2 is 1.12 bits per heavy atom. The number of carbonyl (C=O) groups is 4. The summed E-state index contributed by atoms with van der Waals surface area (Å²) in [6.07, 6.45) is 0.410. The molecule has 0 aliphatic heterocycles. The number of aromatic nitrogens is 2. The second-order valence-corrected chi connectivity index (χ2v) is 9.54. The minimum atomic E-state index is -1.26. The number of rotatable bonds is 11. The van der Waals surface area contributed by atoms with Gasteiger partial charge in [0.25, 0.3) is 0 Å². The summed E-state index contributed by atoms with van der Waals surface area (Å²) in [4.78, 5) is 54.8. The van der Waals surface area contributed by atoms with Crippen LogP contribution in [0, 0.1) is 0 Å². The molecule has 2 aromatic heterocycles. The van der Waals surface area contributed by atoms with Gasteiger partial charge in [-0.1, -0.05) is 36.4 Å². The van der Waals surface area contributed by atoms with Crippen LogP contribution in [0.4, 0.5) is 0 Å². The van der Waals surface area contributed by atoms with E-state index >= 15 is 0 Å². The van der Waals surface area contributed by atoms with Crippen molar-refractivity contribution in [3.63, 3.8) is 0 Å². The van der Waals surface area contributed by atoms with Crippen molar-refractivity contribution in [2.75, 3.05) is 6.61 Å². The molecule has 0 fully saturated rings. The van der Waals surface area contributed by atoms with Crippen molar-refractivity contribution >= 4 is 45.7 Å². The molecule has 0 saturated carbocycles. The summed E-state index contributed by atoms with van der Waals surface area (Å²) in [5.41, 5.74) is 3.72. The van der Waals surface area contributed by atoms with Crippen LogP contribution in [-0.4, -0.2) is 58.8 Å². The van der Waals surface area contributed by atoms with Crippen LogP contribution < -0.4 is 0 Å². The van der Waals surface area contributed by atoms with E-state index in [0.29, 0.717) is 0 Å². The Kier molecular flexibility index (Phi) is 8.88. The van der Waals surface area contributed by atoms with E-state index in [4.69, 9.17) is 18.9 Å². The number of aromatic amines is 2. The number of nitrogens with one attached hydrogen (secondary N) is 2. The molecule has 0 aliphatic rings. The van der Waals surface area contributed by atoms with Gasteiger partial charge in [0.2, 0.25) is 0 Å². The first-order chi connectivity index (χ1) is 19.1. The molecule has 0 bridgehead atoms. The molecule has 0 radical (unpaired) electrons. The number of fused-ring (bicyclic) bond motifs is 2. The predicted octanol–water partition coefficient (Wildman–Crippen LogP) is 4.53. The van der Waals surface area contributed by atoms with Gasteiger partial charge >= 0.3 is 23.9 Å². The second kappa shape index (κ2) is 12.5. The van der Waals surface area contributed by atoms with Gasteiger partial charge in [-0.3, -0.25) is 19.2 Å². The van der Waals surface area contributed by atoms with E-state index in [0.717, 1.165) is 32.9 Å². The predicted molar refractivity (Wildman–Crippen MR) is 146 cm³/mol. The van der Waals surface area contributed by atoms with Crippen LogP contribution in [0.3, 0.4) is 0 Å². The fourth-order valence-electron chi connectivity index (χ4n) is 5.07. The zero-order chi connectivity index (χ0) is 28.8. The van der Waals surface area contributed by atoms with Gasteiger partial charge < -0.3 is 28.9 Å². The lowest BCUT2D eigenvalue weighted by molar-refractivity contribution is -0.189. The lowest BCUT2D eigenvalue weighted by Crippen LogP contribution is -2.48. The van der Waals surface area contributed by atoms with Crippen molar-refractivity contribution < 1.29 is 38.1 Å². The van der Waals surface area contributed by atoms with Crippen LogP contribution in [0.2, 0.25) is 0 Å². The Morgan fingerprint density at radius 3 is 1.60 bits per heavy atom. The molecule has 210 valence electrons. The van der Waals surface area contributed by atoms with E-state index in [9.17, 15) is 19.2 Å². The Hall–Kier alpha value is -4.60. The highest BCUT2D eigenvalue weighted by Gasteiger charge is 2.40. The summed E-state index contributed by atoms with van der Waals surface area (Å²) in [7, 11) is 0. The van der Waals surface area contributed by atoms with E-state index in [-0.39, 0.29) is 12.3 Å². The summed E-state index contributed by atoms with van der Waals surface area (Å²) in [6, 6.07) is 15.7. The van der Waals surface area contributed by atoms with Crippen LogP contribution in [-0.2, 0) is 38.1 Å². The van der Waals surface area contributed by atoms with Crippen molar-refractivity contribution in [2.45, 2.75) is 58.3 Å². The molecule has 0 unspecified atom stereocenters. The molecule has 2 aromatic carbocycles. The summed E-state index contributed by atoms with van der Waals surface area (Å²) < 4.78 is 21.9. The first-order valence-electron chi connectivity index (χ1n) is 12.9. The average molecular weight is 549 g/mol. The number of hydrogen-bond donors (Lipinski definition) is 2. The maximum atomic E-state index is 12.4. The summed E-state index contributed by atoms with van der Waals surface area (Å²) in [5, 5.41) is 1.94. The Labute approximate surface area is 230 Å². The molecule has 40 heavy (non-hydrogen) atoms. The van der Waals surface area contributed by atoms with Gasteiger partial charge in [0.15, 0.2) is 12.2 Å². The van der Waals surface area contributed by atoms with Crippen molar-refractivity contribution in [2.24, 2.45) is 0 Å². The third-order valence-electron chi connectivity index (χ3n) is 6.58. The highest BCUT2D eigenvalue weighted by molar-refractivity contribution is 5.88. The maximum Gasteiger partial charge on any atom is 0.303 e. The van der Waals surface area contributed by atoms with E-state index in [1.54, 1.807) is 0 Å². The number of hydrogen-bond acceptors (Lipinski definition) is 8. The van der Waals surface area contributed by atoms with Crippen LogP contribution in [0.5, 0.6) is 0 Å². The molecule has 0 saturated heterocycles. The molecule has 3 atom stereocenters. The standard InChI is InChI=1S/C30H32N2O8/c1-17(33)37-16-29(39-19(3)35)30(40-20(4)36)28(38-18(2)34)13-23(24-14-31-26-11-7-5-9-21(24)26)25-15-32-27-12-8-6-10-22(25)27/h5-12,14-15,23,28-32H,13,16H2,1-4H3/t28-,29-,30+/m1/s1. The first-order valence-corrected chi connectivity index (χ1v) is 12.9. The summed E-state index contributed by atoms with van der Waals surface area (Å²) >= 11 is 0. The number of para-hydroxylation sites is 2. The quantitative estimate of drug-likeness (QED) is 0.206. The van der Waals surface area contributed by atoms with Gasteiger partial charge in [-0.15, -0.1) is 0 Å². The zero-order valence-corrected chi connectivity index (χ0v) is 22.8. The van der Waals surface area contributed by atoms with Crippen LogP contribution >= 0.6 is 0 Å². The molecule has 4 aromatic rings. The lowest BCUT2D eigenvalue weighted by Gasteiger charge is -2.33.